The normalized spacial score (nSPS) is 13.1. The lowest BCUT2D eigenvalue weighted by Gasteiger charge is -2.11. The second-order valence-electron chi connectivity index (χ2n) is 9.76. The lowest BCUT2D eigenvalue weighted by atomic mass is 10.2. The van der Waals surface area contributed by atoms with Gasteiger partial charge in [0.15, 0.2) is 0 Å². The predicted octanol–water partition coefficient (Wildman–Crippen LogP) is 2.33. The number of amides is 6. The van der Waals surface area contributed by atoms with E-state index in [0.29, 0.717) is 22.7 Å². The number of carbonyl (C=O) groups is 4. The first kappa shape index (κ1) is 32.3. The molecule has 0 saturated heterocycles. The van der Waals surface area contributed by atoms with Gasteiger partial charge in [-0.05, 0) is 72.8 Å². The number of amidine groups is 2. The summed E-state index contributed by atoms with van der Waals surface area (Å²) in [7, 11) is 0. The summed E-state index contributed by atoms with van der Waals surface area (Å²) >= 11 is 0. The average Bonchev–Trinajstić information content (AvgIpc) is 3.77. The smallest absolute Gasteiger partial charge is 0.319 e. The fourth-order valence-corrected chi connectivity index (χ4v) is 4.32. The summed E-state index contributed by atoms with van der Waals surface area (Å²) in [5, 5.41) is 22.1. The Morgan fingerprint density at radius 2 is 0.867 bits per heavy atom. The fourth-order valence-electron chi connectivity index (χ4n) is 4.32. The SMILES string of the molecule is Cl.O=C(CNC(=O)Nc1ccc(NC(=O)NCC(=O)Nc2ccc(C3=NCCN3)cc2)cc1)Nc1ccc(C2=NCCN2)cc1. The minimum absolute atomic E-state index is 0. The van der Waals surface area contributed by atoms with Crippen molar-refractivity contribution in [1.29, 1.82) is 0 Å². The largest absolute Gasteiger partial charge is 0.368 e. The van der Waals surface area contributed by atoms with Gasteiger partial charge in [-0.15, -0.1) is 12.4 Å². The van der Waals surface area contributed by atoms with E-state index in [1.165, 1.54) is 0 Å². The Labute approximate surface area is 265 Å². The first-order valence-corrected chi connectivity index (χ1v) is 14.0. The summed E-state index contributed by atoms with van der Waals surface area (Å²) in [4.78, 5) is 57.7. The van der Waals surface area contributed by atoms with Crippen molar-refractivity contribution < 1.29 is 19.2 Å². The molecule has 3 aromatic rings. The number of benzene rings is 3. The number of nitrogens with one attached hydrogen (secondary N) is 8. The molecular weight excluding hydrogens is 600 g/mol. The number of rotatable bonds is 10. The molecular formula is C30H33ClN10O4. The highest BCUT2D eigenvalue weighted by Gasteiger charge is 2.11. The van der Waals surface area contributed by atoms with Crippen LogP contribution in [0.15, 0.2) is 82.8 Å². The molecule has 0 bridgehead atoms. The first-order valence-electron chi connectivity index (χ1n) is 14.0. The molecule has 0 aliphatic carbocycles. The van der Waals surface area contributed by atoms with Crippen LogP contribution in [0.2, 0.25) is 0 Å². The minimum Gasteiger partial charge on any atom is -0.368 e. The summed E-state index contributed by atoms with van der Waals surface area (Å²) < 4.78 is 0. The molecule has 0 unspecified atom stereocenters. The number of urea groups is 2. The van der Waals surface area contributed by atoms with Crippen molar-refractivity contribution in [3.05, 3.63) is 83.9 Å². The number of carbonyl (C=O) groups excluding carboxylic acids is 4. The molecule has 0 radical (unpaired) electrons. The van der Waals surface area contributed by atoms with Crippen LogP contribution < -0.4 is 42.5 Å². The Morgan fingerprint density at radius 3 is 1.20 bits per heavy atom. The maximum atomic E-state index is 12.2. The van der Waals surface area contributed by atoms with E-state index in [1.807, 2.05) is 24.3 Å². The molecule has 2 aliphatic heterocycles. The highest BCUT2D eigenvalue weighted by Crippen LogP contribution is 2.14. The van der Waals surface area contributed by atoms with Gasteiger partial charge in [0.25, 0.3) is 0 Å². The zero-order chi connectivity index (χ0) is 30.7. The molecule has 45 heavy (non-hydrogen) atoms. The first-order chi connectivity index (χ1) is 21.4. The topological polar surface area (TPSA) is 189 Å². The van der Waals surface area contributed by atoms with Crippen LogP contribution in [0.1, 0.15) is 11.1 Å². The molecule has 15 heteroatoms. The van der Waals surface area contributed by atoms with Crippen molar-refractivity contribution in [3.8, 4) is 0 Å². The second-order valence-corrected chi connectivity index (χ2v) is 9.76. The molecule has 234 valence electrons. The molecule has 8 N–H and O–H groups in total. The Hall–Kier alpha value is -5.63. The van der Waals surface area contributed by atoms with Crippen molar-refractivity contribution >= 4 is 70.7 Å². The number of anilines is 4. The summed E-state index contributed by atoms with van der Waals surface area (Å²) in [6.45, 7) is 2.66. The molecule has 3 aromatic carbocycles. The van der Waals surface area contributed by atoms with Gasteiger partial charge in [-0.3, -0.25) is 19.6 Å². The van der Waals surface area contributed by atoms with E-state index in [9.17, 15) is 19.2 Å². The van der Waals surface area contributed by atoms with Crippen molar-refractivity contribution in [2.75, 3.05) is 60.5 Å². The van der Waals surface area contributed by atoms with E-state index < -0.39 is 12.1 Å². The summed E-state index contributed by atoms with van der Waals surface area (Å²) in [5.74, 6) is 0.904. The van der Waals surface area contributed by atoms with Crippen molar-refractivity contribution in [2.45, 2.75) is 0 Å². The zero-order valence-electron chi connectivity index (χ0n) is 24.1. The standard InChI is InChI=1S/C30H32N10O4.ClH/c41-25(37-21-5-1-19(2-6-21)27-31-13-14-32-27)17-35-29(43)39-23-9-11-24(12-10-23)40-30(44)36-18-26(42)38-22-7-3-20(4-8-22)28-33-15-16-34-28;/h1-12H,13-18H2,(H,31,32)(H,33,34)(H,37,41)(H,38,42)(H2,35,39,43)(H2,36,40,44);1H. The number of aliphatic imine (C=N–C) groups is 2. The van der Waals surface area contributed by atoms with Gasteiger partial charge in [0.1, 0.15) is 11.7 Å². The fraction of sp³-hybridized carbons (Fsp3) is 0.200. The van der Waals surface area contributed by atoms with Crippen LogP contribution in [0.25, 0.3) is 0 Å². The summed E-state index contributed by atoms with van der Waals surface area (Å²) in [6.07, 6.45) is 0. The van der Waals surface area contributed by atoms with E-state index in [0.717, 1.165) is 49.0 Å². The highest BCUT2D eigenvalue weighted by molar-refractivity contribution is 6.02. The molecule has 0 saturated carbocycles. The van der Waals surface area contributed by atoms with Gasteiger partial charge in [-0.2, -0.15) is 0 Å². The highest BCUT2D eigenvalue weighted by atomic mass is 35.5. The quantitative estimate of drug-likeness (QED) is 0.169. The number of nitrogens with zero attached hydrogens (tertiary/aromatic N) is 2. The third-order valence-corrected chi connectivity index (χ3v) is 6.45. The third kappa shape index (κ3) is 9.69. The second kappa shape index (κ2) is 15.7. The Bertz CT molecular complexity index is 1460. The van der Waals surface area contributed by atoms with Gasteiger partial charge in [0.05, 0.1) is 26.2 Å². The Morgan fingerprint density at radius 1 is 0.533 bits per heavy atom. The lowest BCUT2D eigenvalue weighted by Crippen LogP contribution is -2.36. The molecule has 6 amide bonds. The molecule has 0 spiro atoms. The maximum Gasteiger partial charge on any atom is 0.319 e. The molecule has 14 nitrogen and oxygen atoms in total. The number of hydrogen-bond donors (Lipinski definition) is 8. The number of hydrogen-bond acceptors (Lipinski definition) is 8. The van der Waals surface area contributed by atoms with Crippen LogP contribution in [0, 0.1) is 0 Å². The minimum atomic E-state index is -0.566. The summed E-state index contributed by atoms with van der Waals surface area (Å²) in [5.41, 5.74) is 3.99. The van der Waals surface area contributed by atoms with E-state index in [4.69, 9.17) is 0 Å². The van der Waals surface area contributed by atoms with Gasteiger partial charge in [0.2, 0.25) is 11.8 Å². The maximum absolute atomic E-state index is 12.2. The van der Waals surface area contributed by atoms with Crippen LogP contribution in [0.5, 0.6) is 0 Å². The Kier molecular flexibility index (Phi) is 11.3. The molecule has 0 fully saturated rings. The van der Waals surface area contributed by atoms with E-state index in [-0.39, 0.29) is 37.3 Å². The molecule has 2 heterocycles. The monoisotopic (exact) mass is 632 g/mol. The Balaban J connectivity index is 0.00000461. The van der Waals surface area contributed by atoms with Gasteiger partial charge >= 0.3 is 12.1 Å². The van der Waals surface area contributed by atoms with E-state index in [1.54, 1.807) is 48.5 Å². The van der Waals surface area contributed by atoms with Crippen LogP contribution in [0.4, 0.5) is 32.3 Å². The van der Waals surface area contributed by atoms with Crippen LogP contribution in [0.3, 0.4) is 0 Å². The molecule has 2 aliphatic rings. The van der Waals surface area contributed by atoms with E-state index >= 15 is 0 Å². The van der Waals surface area contributed by atoms with Gasteiger partial charge in [-0.1, -0.05) is 0 Å². The van der Waals surface area contributed by atoms with Gasteiger partial charge < -0.3 is 42.5 Å². The van der Waals surface area contributed by atoms with Crippen LogP contribution in [-0.2, 0) is 9.59 Å². The molecule has 0 atom stereocenters. The molecule has 5 rings (SSSR count). The number of halogens is 1. The van der Waals surface area contributed by atoms with Crippen molar-refractivity contribution in [1.82, 2.24) is 21.3 Å². The predicted molar refractivity (Wildman–Crippen MR) is 177 cm³/mol. The van der Waals surface area contributed by atoms with Gasteiger partial charge in [0, 0.05) is 47.0 Å². The van der Waals surface area contributed by atoms with Crippen molar-refractivity contribution in [2.24, 2.45) is 9.98 Å². The van der Waals surface area contributed by atoms with Crippen LogP contribution >= 0.6 is 12.4 Å². The van der Waals surface area contributed by atoms with Crippen molar-refractivity contribution in [3.63, 3.8) is 0 Å². The van der Waals surface area contributed by atoms with Crippen LogP contribution in [-0.4, -0.2) is 74.8 Å². The van der Waals surface area contributed by atoms with E-state index in [2.05, 4.69) is 52.5 Å². The average molecular weight is 633 g/mol. The summed E-state index contributed by atoms with van der Waals surface area (Å²) in [6, 6.07) is 19.7. The van der Waals surface area contributed by atoms with Gasteiger partial charge in [-0.25, -0.2) is 9.59 Å². The zero-order valence-corrected chi connectivity index (χ0v) is 24.9. The molecule has 0 aromatic heterocycles. The lowest BCUT2D eigenvalue weighted by molar-refractivity contribution is -0.116. The third-order valence-electron chi connectivity index (χ3n) is 6.45.